The maximum Gasteiger partial charge on any atom is 0.236 e. The highest BCUT2D eigenvalue weighted by molar-refractivity contribution is 5.78. The molecule has 1 rings (SSSR count). The molecule has 0 aliphatic heterocycles. The Bertz CT molecular complexity index is 284. The zero-order chi connectivity index (χ0) is 14.5. The van der Waals surface area contributed by atoms with Crippen molar-refractivity contribution in [3.8, 4) is 0 Å². The van der Waals surface area contributed by atoms with Crippen molar-refractivity contribution in [3.05, 3.63) is 0 Å². The van der Waals surface area contributed by atoms with Crippen molar-refractivity contribution in [2.75, 3.05) is 20.1 Å². The first kappa shape index (κ1) is 16.4. The molecule has 0 unspecified atom stereocenters. The predicted octanol–water partition coefficient (Wildman–Crippen LogP) is 1.77. The molecule has 1 saturated carbocycles. The van der Waals surface area contributed by atoms with Gasteiger partial charge in [-0.2, -0.15) is 0 Å². The van der Waals surface area contributed by atoms with Crippen molar-refractivity contribution in [3.63, 3.8) is 0 Å². The zero-order valence-electron chi connectivity index (χ0n) is 12.9. The van der Waals surface area contributed by atoms with Gasteiger partial charge < -0.3 is 15.3 Å². The summed E-state index contributed by atoms with van der Waals surface area (Å²) in [6, 6.07) is 0.220. The van der Waals surface area contributed by atoms with Gasteiger partial charge in [-0.1, -0.05) is 13.3 Å². The molecule has 4 nitrogen and oxygen atoms in total. The zero-order valence-corrected chi connectivity index (χ0v) is 12.9. The maximum absolute atomic E-state index is 11.8. The number of nitrogens with one attached hydrogen (secondary N) is 1. The Morgan fingerprint density at radius 3 is 2.47 bits per heavy atom. The molecule has 1 amide bonds. The van der Waals surface area contributed by atoms with Gasteiger partial charge in [0.25, 0.3) is 0 Å². The molecule has 1 fully saturated rings. The Labute approximate surface area is 117 Å². The second-order valence-electron chi connectivity index (χ2n) is 6.28. The molecule has 0 radical (unpaired) electrons. The Kier molecular flexibility index (Phi) is 6.27. The van der Waals surface area contributed by atoms with E-state index >= 15 is 0 Å². The van der Waals surface area contributed by atoms with Gasteiger partial charge in [-0.25, -0.2) is 0 Å². The lowest BCUT2D eigenvalue weighted by Crippen LogP contribution is -2.47. The van der Waals surface area contributed by atoms with Crippen LogP contribution in [0.2, 0.25) is 0 Å². The Morgan fingerprint density at radius 2 is 2.00 bits per heavy atom. The number of nitrogens with zero attached hydrogens (tertiary/aromatic N) is 1. The van der Waals surface area contributed by atoms with Crippen LogP contribution in [0.25, 0.3) is 0 Å². The highest BCUT2D eigenvalue weighted by Gasteiger charge is 2.32. The molecule has 0 atom stereocenters. The van der Waals surface area contributed by atoms with Gasteiger partial charge in [-0.05, 0) is 45.4 Å². The summed E-state index contributed by atoms with van der Waals surface area (Å²) in [7, 11) is 1.82. The van der Waals surface area contributed by atoms with Gasteiger partial charge in [0.15, 0.2) is 0 Å². The number of hydrogen-bond acceptors (Lipinski definition) is 3. The van der Waals surface area contributed by atoms with Crippen LogP contribution in [0.4, 0.5) is 0 Å². The third kappa shape index (κ3) is 5.11. The van der Waals surface area contributed by atoms with Gasteiger partial charge in [-0.15, -0.1) is 0 Å². The topological polar surface area (TPSA) is 52.6 Å². The van der Waals surface area contributed by atoms with E-state index in [1.807, 2.05) is 20.9 Å². The van der Waals surface area contributed by atoms with E-state index in [0.29, 0.717) is 13.1 Å². The van der Waals surface area contributed by atoms with E-state index < -0.39 is 5.60 Å². The normalized spacial score (nSPS) is 27.6. The van der Waals surface area contributed by atoms with Gasteiger partial charge in [0.05, 0.1) is 12.1 Å². The molecule has 0 spiro atoms. The van der Waals surface area contributed by atoms with Crippen LogP contribution >= 0.6 is 0 Å². The van der Waals surface area contributed by atoms with Crippen molar-refractivity contribution < 1.29 is 9.90 Å². The number of aliphatic hydroxyl groups is 1. The molecule has 0 saturated heterocycles. The third-order valence-electron chi connectivity index (χ3n) is 4.51. The molecule has 0 aromatic rings. The minimum Gasteiger partial charge on any atom is -0.389 e. The van der Waals surface area contributed by atoms with Crippen molar-refractivity contribution in [2.24, 2.45) is 5.92 Å². The summed E-state index contributed by atoms with van der Waals surface area (Å²) in [5.74, 6) is 0.856. The number of carbonyl (C=O) groups excluding carboxylic acids is 1. The summed E-state index contributed by atoms with van der Waals surface area (Å²) >= 11 is 0. The highest BCUT2D eigenvalue weighted by Crippen LogP contribution is 2.33. The fourth-order valence-electron chi connectivity index (χ4n) is 2.61. The minimum atomic E-state index is -0.609. The van der Waals surface area contributed by atoms with Crippen molar-refractivity contribution in [2.45, 2.75) is 64.5 Å². The van der Waals surface area contributed by atoms with Crippen LogP contribution in [-0.4, -0.2) is 47.7 Å². The van der Waals surface area contributed by atoms with E-state index in [0.717, 1.165) is 31.6 Å². The molecule has 19 heavy (non-hydrogen) atoms. The van der Waals surface area contributed by atoms with E-state index in [2.05, 4.69) is 12.2 Å². The summed E-state index contributed by atoms with van der Waals surface area (Å²) < 4.78 is 0. The van der Waals surface area contributed by atoms with E-state index in [1.165, 1.54) is 6.42 Å². The van der Waals surface area contributed by atoms with Crippen LogP contribution in [0.3, 0.4) is 0 Å². The molecule has 112 valence electrons. The van der Waals surface area contributed by atoms with Gasteiger partial charge in [0, 0.05) is 19.6 Å². The summed E-state index contributed by atoms with van der Waals surface area (Å²) in [4.78, 5) is 13.5. The standard InChI is InChI=1S/C15H30N2O2/c1-5-13-6-8-15(19,9-7-13)11-16-10-14(18)17(4)12(2)3/h12-13,16,19H,5-11H2,1-4H3. The van der Waals surface area contributed by atoms with E-state index in [9.17, 15) is 9.90 Å². The third-order valence-corrected chi connectivity index (χ3v) is 4.51. The first-order valence-corrected chi connectivity index (χ1v) is 7.56. The summed E-state index contributed by atoms with van der Waals surface area (Å²) in [6.45, 7) is 7.05. The largest absolute Gasteiger partial charge is 0.389 e. The number of rotatable bonds is 6. The SMILES string of the molecule is CCC1CCC(O)(CNCC(=O)N(C)C(C)C)CC1. The number of carbonyl (C=O) groups is 1. The Balaban J connectivity index is 2.27. The molecular weight excluding hydrogens is 240 g/mol. The van der Waals surface area contributed by atoms with Crippen LogP contribution < -0.4 is 5.32 Å². The van der Waals surface area contributed by atoms with Gasteiger partial charge >= 0.3 is 0 Å². The van der Waals surface area contributed by atoms with Crippen LogP contribution in [0, 0.1) is 5.92 Å². The molecule has 0 aromatic carbocycles. The van der Waals surface area contributed by atoms with Crippen LogP contribution in [0.1, 0.15) is 52.9 Å². The monoisotopic (exact) mass is 270 g/mol. The minimum absolute atomic E-state index is 0.0841. The molecular formula is C15H30N2O2. The number of amides is 1. The molecule has 2 N–H and O–H groups in total. The molecule has 0 bridgehead atoms. The second-order valence-corrected chi connectivity index (χ2v) is 6.28. The molecule has 1 aliphatic rings. The van der Waals surface area contributed by atoms with Gasteiger partial charge in [0.1, 0.15) is 0 Å². The number of likely N-dealkylation sites (N-methyl/N-ethyl adjacent to an activating group) is 1. The highest BCUT2D eigenvalue weighted by atomic mass is 16.3. The summed E-state index contributed by atoms with van der Waals surface area (Å²) in [6.07, 6.45) is 5.13. The second kappa shape index (κ2) is 7.25. The van der Waals surface area contributed by atoms with Crippen molar-refractivity contribution in [1.29, 1.82) is 0 Å². The van der Waals surface area contributed by atoms with Crippen LogP contribution in [0.15, 0.2) is 0 Å². The lowest BCUT2D eigenvalue weighted by atomic mass is 9.78. The fourth-order valence-corrected chi connectivity index (χ4v) is 2.61. The predicted molar refractivity (Wildman–Crippen MR) is 78.0 cm³/mol. The van der Waals surface area contributed by atoms with Crippen molar-refractivity contribution >= 4 is 5.91 Å². The quantitative estimate of drug-likeness (QED) is 0.773. The van der Waals surface area contributed by atoms with Crippen LogP contribution in [0.5, 0.6) is 0 Å². The first-order valence-electron chi connectivity index (χ1n) is 7.56. The first-order chi connectivity index (χ1) is 8.88. The lowest BCUT2D eigenvalue weighted by Gasteiger charge is -2.36. The van der Waals surface area contributed by atoms with E-state index in [-0.39, 0.29) is 11.9 Å². The molecule has 0 heterocycles. The van der Waals surface area contributed by atoms with Crippen LogP contribution in [-0.2, 0) is 4.79 Å². The number of hydrogen-bond donors (Lipinski definition) is 2. The smallest absolute Gasteiger partial charge is 0.236 e. The maximum atomic E-state index is 11.8. The average molecular weight is 270 g/mol. The Morgan fingerprint density at radius 1 is 1.42 bits per heavy atom. The van der Waals surface area contributed by atoms with Gasteiger partial charge in [-0.3, -0.25) is 4.79 Å². The fraction of sp³-hybridized carbons (Fsp3) is 0.933. The molecule has 4 heteroatoms. The van der Waals surface area contributed by atoms with E-state index in [1.54, 1.807) is 4.90 Å². The lowest BCUT2D eigenvalue weighted by molar-refractivity contribution is -0.130. The van der Waals surface area contributed by atoms with E-state index in [4.69, 9.17) is 0 Å². The Hall–Kier alpha value is -0.610. The molecule has 0 aromatic heterocycles. The summed E-state index contributed by atoms with van der Waals surface area (Å²) in [5, 5.41) is 13.6. The molecule has 1 aliphatic carbocycles. The summed E-state index contributed by atoms with van der Waals surface area (Å²) in [5.41, 5.74) is -0.609. The van der Waals surface area contributed by atoms with Gasteiger partial charge in [0.2, 0.25) is 5.91 Å². The van der Waals surface area contributed by atoms with Crippen molar-refractivity contribution in [1.82, 2.24) is 10.2 Å². The average Bonchev–Trinajstić information content (AvgIpc) is 2.38.